The Kier molecular flexibility index (Phi) is 9.41. The summed E-state index contributed by atoms with van der Waals surface area (Å²) in [4.78, 5) is 12.5. The summed E-state index contributed by atoms with van der Waals surface area (Å²) in [6.45, 7) is 7.87. The Bertz CT molecular complexity index is 855. The number of benzene rings is 2. The molecule has 2 N–H and O–H groups in total. The van der Waals surface area contributed by atoms with E-state index in [4.69, 9.17) is 26.4 Å². The van der Waals surface area contributed by atoms with Gasteiger partial charge >= 0.3 is 0 Å². The van der Waals surface area contributed by atoms with Crippen LogP contribution in [0.2, 0.25) is 0 Å². The van der Waals surface area contributed by atoms with E-state index in [0.29, 0.717) is 48.5 Å². The van der Waals surface area contributed by atoms with Gasteiger partial charge in [0.25, 0.3) is 5.91 Å². The average Bonchev–Trinajstić information content (AvgIpc) is 2.75. The summed E-state index contributed by atoms with van der Waals surface area (Å²) in [6.07, 6.45) is 0.924. The predicted octanol–water partition coefficient (Wildman–Crippen LogP) is 4.32. The van der Waals surface area contributed by atoms with Crippen molar-refractivity contribution in [2.75, 3.05) is 20.3 Å². The first-order valence-corrected chi connectivity index (χ1v) is 10.5. The first-order valence-electron chi connectivity index (χ1n) is 10.0. The zero-order chi connectivity index (χ0) is 21.9. The molecule has 2 rings (SSSR count). The third kappa shape index (κ3) is 7.55. The lowest BCUT2D eigenvalue weighted by molar-refractivity contribution is 0.0976. The Balaban J connectivity index is 1.90. The number of rotatable bonds is 10. The first kappa shape index (κ1) is 23.5. The number of hydrogen-bond acceptors (Lipinski definition) is 5. The van der Waals surface area contributed by atoms with Crippen LogP contribution in [0.15, 0.2) is 42.5 Å². The molecular formula is C23H30N2O4S. The molecule has 6 nitrogen and oxygen atoms in total. The second kappa shape index (κ2) is 12.0. The molecule has 1 amide bonds. The van der Waals surface area contributed by atoms with E-state index in [1.54, 1.807) is 25.3 Å². The van der Waals surface area contributed by atoms with Gasteiger partial charge in [-0.15, -0.1) is 0 Å². The Morgan fingerprint density at radius 2 is 1.90 bits per heavy atom. The highest BCUT2D eigenvalue weighted by molar-refractivity contribution is 7.80. The monoisotopic (exact) mass is 430 g/mol. The van der Waals surface area contributed by atoms with Crippen LogP contribution >= 0.6 is 12.2 Å². The molecule has 0 spiro atoms. The van der Waals surface area contributed by atoms with Gasteiger partial charge in [-0.1, -0.05) is 32.9 Å². The van der Waals surface area contributed by atoms with Crippen molar-refractivity contribution >= 4 is 23.2 Å². The molecule has 2 aromatic carbocycles. The topological polar surface area (TPSA) is 68.8 Å². The molecule has 0 bridgehead atoms. The van der Waals surface area contributed by atoms with Crippen molar-refractivity contribution in [3.63, 3.8) is 0 Å². The van der Waals surface area contributed by atoms with Crippen LogP contribution in [0.3, 0.4) is 0 Å². The molecule has 2 aromatic rings. The molecule has 0 aliphatic rings. The molecule has 0 unspecified atom stereocenters. The lowest BCUT2D eigenvalue weighted by Gasteiger charge is -2.13. The number of carbonyl (C=O) groups is 1. The Morgan fingerprint density at radius 3 is 2.60 bits per heavy atom. The van der Waals surface area contributed by atoms with Crippen LogP contribution in [0.5, 0.6) is 17.2 Å². The van der Waals surface area contributed by atoms with E-state index >= 15 is 0 Å². The lowest BCUT2D eigenvalue weighted by atomic mass is 10.2. The Hall–Kier alpha value is -2.80. The largest absolute Gasteiger partial charge is 0.493 e. The molecule has 0 atom stereocenters. The number of amides is 1. The zero-order valence-electron chi connectivity index (χ0n) is 18.0. The van der Waals surface area contributed by atoms with E-state index in [1.807, 2.05) is 24.3 Å². The fourth-order valence-electron chi connectivity index (χ4n) is 2.55. The van der Waals surface area contributed by atoms with Crippen molar-refractivity contribution in [3.8, 4) is 17.2 Å². The van der Waals surface area contributed by atoms with Gasteiger partial charge in [0.15, 0.2) is 16.6 Å². The molecule has 0 aromatic heterocycles. The number of methoxy groups -OCH3 is 1. The maximum absolute atomic E-state index is 12.5. The van der Waals surface area contributed by atoms with E-state index in [0.717, 1.165) is 12.0 Å². The highest BCUT2D eigenvalue weighted by Gasteiger charge is 2.10. The third-order valence-corrected chi connectivity index (χ3v) is 4.30. The van der Waals surface area contributed by atoms with Crippen molar-refractivity contribution in [1.29, 1.82) is 0 Å². The third-order valence-electron chi connectivity index (χ3n) is 4.05. The molecule has 162 valence electrons. The van der Waals surface area contributed by atoms with Crippen LogP contribution in [0, 0.1) is 5.92 Å². The molecule has 0 aliphatic carbocycles. The summed E-state index contributed by atoms with van der Waals surface area (Å²) in [5.74, 6) is 2.15. The molecule has 0 fully saturated rings. The summed E-state index contributed by atoms with van der Waals surface area (Å²) in [5, 5.41) is 5.99. The van der Waals surface area contributed by atoms with E-state index < -0.39 is 0 Å². The number of ether oxygens (including phenoxy) is 3. The smallest absolute Gasteiger partial charge is 0.257 e. The van der Waals surface area contributed by atoms with E-state index in [2.05, 4.69) is 31.4 Å². The van der Waals surface area contributed by atoms with Gasteiger partial charge in [-0.05, 0) is 60.5 Å². The first-order chi connectivity index (χ1) is 14.4. The maximum atomic E-state index is 12.5. The SMILES string of the molecule is CCCOc1ccc(CNC(=S)NC(=O)c2cccc(OCC(C)C)c2)cc1OC. The summed E-state index contributed by atoms with van der Waals surface area (Å²) in [5.41, 5.74) is 1.44. The van der Waals surface area contributed by atoms with Crippen LogP contribution in [0.4, 0.5) is 0 Å². The van der Waals surface area contributed by atoms with Crippen LogP contribution in [-0.2, 0) is 6.54 Å². The molecule has 0 heterocycles. The Morgan fingerprint density at radius 1 is 1.10 bits per heavy atom. The molecule has 7 heteroatoms. The molecule has 0 saturated heterocycles. The van der Waals surface area contributed by atoms with Crippen LogP contribution in [0.25, 0.3) is 0 Å². The van der Waals surface area contributed by atoms with Crippen molar-refractivity contribution in [3.05, 3.63) is 53.6 Å². The minimum absolute atomic E-state index is 0.249. The molecular weight excluding hydrogens is 400 g/mol. The second-order valence-electron chi connectivity index (χ2n) is 7.20. The standard InChI is InChI=1S/C23H30N2O4S/c1-5-11-28-20-10-9-17(12-21(20)27-4)14-24-23(30)25-22(26)18-7-6-8-19(13-18)29-15-16(2)3/h6-10,12-13,16H,5,11,14-15H2,1-4H3,(H2,24,25,26,30). The summed E-state index contributed by atoms with van der Waals surface area (Å²) in [7, 11) is 1.61. The van der Waals surface area contributed by atoms with Crippen molar-refractivity contribution in [1.82, 2.24) is 10.6 Å². The van der Waals surface area contributed by atoms with Gasteiger partial charge < -0.3 is 19.5 Å². The van der Waals surface area contributed by atoms with Gasteiger partial charge in [-0.3, -0.25) is 10.1 Å². The summed E-state index contributed by atoms with van der Waals surface area (Å²) in [6, 6.07) is 12.7. The second-order valence-corrected chi connectivity index (χ2v) is 7.61. The van der Waals surface area contributed by atoms with Gasteiger partial charge in [0.05, 0.1) is 20.3 Å². The lowest BCUT2D eigenvalue weighted by Crippen LogP contribution is -2.38. The summed E-state index contributed by atoms with van der Waals surface area (Å²) >= 11 is 5.26. The number of hydrogen-bond donors (Lipinski definition) is 2. The van der Waals surface area contributed by atoms with Crippen molar-refractivity contribution < 1.29 is 19.0 Å². The zero-order valence-corrected chi connectivity index (χ0v) is 18.8. The number of carbonyl (C=O) groups excluding carboxylic acids is 1. The van der Waals surface area contributed by atoms with E-state index in [1.165, 1.54) is 0 Å². The number of nitrogens with one attached hydrogen (secondary N) is 2. The van der Waals surface area contributed by atoms with Crippen LogP contribution in [-0.4, -0.2) is 31.3 Å². The summed E-state index contributed by atoms with van der Waals surface area (Å²) < 4.78 is 16.7. The Labute approximate surface area is 183 Å². The fourth-order valence-corrected chi connectivity index (χ4v) is 2.71. The van der Waals surface area contributed by atoms with Crippen LogP contribution < -0.4 is 24.8 Å². The molecule has 0 aliphatic heterocycles. The van der Waals surface area contributed by atoms with Crippen LogP contribution in [0.1, 0.15) is 43.1 Å². The molecule has 0 radical (unpaired) electrons. The minimum atomic E-state index is -0.289. The fraction of sp³-hybridized carbons (Fsp3) is 0.391. The van der Waals surface area contributed by atoms with Crippen molar-refractivity contribution in [2.24, 2.45) is 5.92 Å². The maximum Gasteiger partial charge on any atom is 0.257 e. The van der Waals surface area contributed by atoms with Gasteiger partial charge in [0.2, 0.25) is 0 Å². The van der Waals surface area contributed by atoms with Gasteiger partial charge in [-0.2, -0.15) is 0 Å². The van der Waals surface area contributed by atoms with Gasteiger partial charge in [-0.25, -0.2) is 0 Å². The average molecular weight is 431 g/mol. The predicted molar refractivity (Wildman–Crippen MR) is 122 cm³/mol. The van der Waals surface area contributed by atoms with Gasteiger partial charge in [0, 0.05) is 12.1 Å². The minimum Gasteiger partial charge on any atom is -0.493 e. The molecule has 0 saturated carbocycles. The quantitative estimate of drug-likeness (QED) is 0.547. The van der Waals surface area contributed by atoms with Gasteiger partial charge in [0.1, 0.15) is 5.75 Å². The normalized spacial score (nSPS) is 10.4. The van der Waals surface area contributed by atoms with E-state index in [-0.39, 0.29) is 11.0 Å². The highest BCUT2D eigenvalue weighted by Crippen LogP contribution is 2.28. The highest BCUT2D eigenvalue weighted by atomic mass is 32.1. The van der Waals surface area contributed by atoms with Crippen molar-refractivity contribution in [2.45, 2.75) is 33.7 Å². The van der Waals surface area contributed by atoms with E-state index in [9.17, 15) is 4.79 Å². The number of thiocarbonyl (C=S) groups is 1. The molecule has 30 heavy (non-hydrogen) atoms.